The van der Waals surface area contributed by atoms with E-state index >= 15 is 0 Å². The summed E-state index contributed by atoms with van der Waals surface area (Å²) in [5.74, 6) is 0. The molecule has 0 saturated heterocycles. The number of rotatable bonds is 8. The van der Waals surface area contributed by atoms with Gasteiger partial charge in [-0.2, -0.15) is 0 Å². The average Bonchev–Trinajstić information content (AvgIpc) is 2.03. The van der Waals surface area contributed by atoms with Crippen LogP contribution in [-0.4, -0.2) is 0 Å². The van der Waals surface area contributed by atoms with Crippen LogP contribution in [0.2, 0.25) is 0 Å². The summed E-state index contributed by atoms with van der Waals surface area (Å²) < 4.78 is 0. The van der Waals surface area contributed by atoms with Gasteiger partial charge < -0.3 is 0 Å². The van der Waals surface area contributed by atoms with Crippen LogP contribution in [0, 0.1) is 0 Å². The van der Waals surface area contributed by atoms with Crippen LogP contribution < -0.4 is 0 Å². The second kappa shape index (κ2) is 11.9. The third kappa shape index (κ3) is 11.9. The van der Waals surface area contributed by atoms with Gasteiger partial charge in [-0.25, -0.2) is 0 Å². The van der Waals surface area contributed by atoms with Crippen LogP contribution in [0.25, 0.3) is 0 Å². The van der Waals surface area contributed by atoms with Gasteiger partial charge in [0.2, 0.25) is 0 Å². The van der Waals surface area contributed by atoms with E-state index in [0.29, 0.717) is 0 Å². The van der Waals surface area contributed by atoms with Crippen molar-refractivity contribution in [2.45, 2.75) is 0 Å². The summed E-state index contributed by atoms with van der Waals surface area (Å²) in [6, 6.07) is 0. The molecule has 0 fully saturated rings. The predicted molar refractivity (Wildman–Crippen MR) is 73.5 cm³/mol. The molecule has 0 unspecified atom stereocenters. The lowest BCUT2D eigenvalue weighted by Crippen LogP contribution is -1.32. The molecule has 0 amide bonds. The molecule has 0 bridgehead atoms. The fourth-order valence-corrected chi connectivity index (χ4v) is 12.4. The van der Waals surface area contributed by atoms with Gasteiger partial charge in [0, 0.05) is 0 Å². The van der Waals surface area contributed by atoms with Crippen molar-refractivity contribution in [3.8, 4) is 0 Å². The van der Waals surface area contributed by atoms with E-state index in [1.165, 1.54) is 0 Å². The normalized spacial score (nSPS) is 9.45. The lowest BCUT2D eigenvalue weighted by Gasteiger charge is -1.93. The maximum Gasteiger partial charge on any atom is -0.0000334 e. The largest absolute Gasteiger partial charge is 0.0918 e. The minimum atomic E-state index is 1.65. The summed E-state index contributed by atoms with van der Waals surface area (Å²) in [6.45, 7) is 7.20. The fraction of sp³-hybridized carbons (Fsp3) is 0. The lowest BCUT2D eigenvalue weighted by molar-refractivity contribution is 2.69. The molecular weight excluding hydrogens is 273 g/mol. The Morgan fingerprint density at radius 2 is 1.00 bits per heavy atom. The van der Waals surface area contributed by atoms with E-state index in [4.69, 9.17) is 0 Å². The maximum absolute atomic E-state index is 3.60. The Bertz CT molecular complexity index is 90.6. The molecule has 11 heavy (non-hydrogen) atoms. The zero-order valence-electron chi connectivity index (χ0n) is 5.43. The van der Waals surface area contributed by atoms with Gasteiger partial charge in [0.05, 0.1) is 0 Å². The molecule has 7 heteroatoms. The SMILES string of the molecule is C=CSSSSSSSC=C. The molecule has 0 aliphatic rings. The smallest absolute Gasteiger partial charge is 0.0000334 e. The van der Waals surface area contributed by atoms with Crippen LogP contribution in [0.1, 0.15) is 0 Å². The molecule has 0 aromatic carbocycles. The van der Waals surface area contributed by atoms with Crippen LogP contribution in [0.4, 0.5) is 0 Å². The van der Waals surface area contributed by atoms with Gasteiger partial charge >= 0.3 is 0 Å². The number of hydrogen-bond acceptors (Lipinski definition) is 7. The maximum atomic E-state index is 3.60. The second-order valence-corrected chi connectivity index (χ2v) is 11.9. The molecule has 0 aromatic rings. The van der Waals surface area contributed by atoms with Crippen molar-refractivity contribution in [2.75, 3.05) is 0 Å². The molecule has 0 saturated carbocycles. The highest BCUT2D eigenvalue weighted by atomic mass is 33.9. The van der Waals surface area contributed by atoms with Gasteiger partial charge in [-0.3, -0.25) is 0 Å². The van der Waals surface area contributed by atoms with Gasteiger partial charge in [-0.15, -0.1) is 0 Å². The van der Waals surface area contributed by atoms with E-state index < -0.39 is 0 Å². The van der Waals surface area contributed by atoms with Gasteiger partial charge in [0.25, 0.3) is 0 Å². The van der Waals surface area contributed by atoms with E-state index in [9.17, 15) is 0 Å². The Hall–Kier alpha value is 1.93. The molecule has 0 heterocycles. The molecule has 0 N–H and O–H groups in total. The lowest BCUT2D eigenvalue weighted by atomic mass is 11.3. The van der Waals surface area contributed by atoms with E-state index in [1.807, 2.05) is 10.8 Å². The summed E-state index contributed by atoms with van der Waals surface area (Å²) >= 11 is 0. The quantitative estimate of drug-likeness (QED) is 0.395. The van der Waals surface area contributed by atoms with Crippen LogP contribution in [0.5, 0.6) is 0 Å². The molecule has 0 aliphatic heterocycles. The molecule has 0 aliphatic carbocycles. The summed E-state index contributed by atoms with van der Waals surface area (Å²) in [5.41, 5.74) is 0. The van der Waals surface area contributed by atoms with E-state index in [0.717, 1.165) is 0 Å². The predicted octanol–water partition coefficient (Wildman–Crippen LogP) is 5.90. The Balaban J connectivity index is 2.79. The standard InChI is InChI=1S/C4H6S7/c1-3-5-7-9-11-10-8-6-4-2/h3-4H,1-2H2. The first-order valence-electron chi connectivity index (χ1n) is 2.29. The molecule has 64 valence electrons. The third-order valence-corrected chi connectivity index (χ3v) is 12.3. The van der Waals surface area contributed by atoms with Crippen molar-refractivity contribution in [2.24, 2.45) is 0 Å². The van der Waals surface area contributed by atoms with Crippen molar-refractivity contribution >= 4 is 70.7 Å². The average molecular weight is 279 g/mol. The van der Waals surface area contributed by atoms with Crippen molar-refractivity contribution in [3.63, 3.8) is 0 Å². The minimum Gasteiger partial charge on any atom is -0.0918 e. The summed E-state index contributed by atoms with van der Waals surface area (Å²) in [5, 5.41) is 3.66. The van der Waals surface area contributed by atoms with Crippen molar-refractivity contribution in [3.05, 3.63) is 24.0 Å². The third-order valence-electron chi connectivity index (χ3n) is 0.326. The molecule has 0 spiro atoms. The number of hydrogen-bond donors (Lipinski definition) is 0. The Kier molecular flexibility index (Phi) is 14.0. The van der Waals surface area contributed by atoms with Gasteiger partial charge in [0.15, 0.2) is 0 Å². The van der Waals surface area contributed by atoms with Crippen LogP contribution in [-0.2, 0) is 0 Å². The molecule has 0 atom stereocenters. The Morgan fingerprint density at radius 3 is 1.36 bits per heavy atom. The van der Waals surface area contributed by atoms with Crippen molar-refractivity contribution in [1.29, 1.82) is 0 Å². The molecular formula is C4H6S7. The zero-order valence-corrected chi connectivity index (χ0v) is 11.1. The monoisotopic (exact) mass is 278 g/mol. The topological polar surface area (TPSA) is 0 Å². The highest BCUT2D eigenvalue weighted by Gasteiger charge is 1.91. The molecule has 0 radical (unpaired) electrons. The van der Waals surface area contributed by atoms with Gasteiger partial charge in [-0.05, 0) is 59.9 Å². The first-order chi connectivity index (χ1) is 5.41. The second-order valence-electron chi connectivity index (χ2n) is 0.866. The van der Waals surface area contributed by atoms with Gasteiger partial charge in [-0.1, -0.05) is 34.7 Å². The summed E-state index contributed by atoms with van der Waals surface area (Å²) in [6.07, 6.45) is 0. The molecule has 0 aromatic heterocycles. The van der Waals surface area contributed by atoms with Crippen molar-refractivity contribution < 1.29 is 0 Å². The minimum absolute atomic E-state index is 1.65. The highest BCUT2D eigenvalue weighted by Crippen LogP contribution is 2.55. The molecule has 0 nitrogen and oxygen atoms in total. The Labute approximate surface area is 93.7 Å². The van der Waals surface area contributed by atoms with E-state index in [1.54, 1.807) is 70.7 Å². The van der Waals surface area contributed by atoms with Crippen LogP contribution >= 0.6 is 70.7 Å². The van der Waals surface area contributed by atoms with Crippen molar-refractivity contribution in [1.82, 2.24) is 0 Å². The highest BCUT2D eigenvalue weighted by molar-refractivity contribution is 9.46. The van der Waals surface area contributed by atoms with Crippen LogP contribution in [0.15, 0.2) is 24.0 Å². The Morgan fingerprint density at radius 1 is 0.636 bits per heavy atom. The van der Waals surface area contributed by atoms with E-state index in [-0.39, 0.29) is 0 Å². The zero-order chi connectivity index (χ0) is 8.36. The fourth-order valence-electron chi connectivity index (χ4n) is 0.122. The first kappa shape index (κ1) is 12.9. The van der Waals surface area contributed by atoms with Crippen LogP contribution in [0.3, 0.4) is 0 Å². The molecule has 0 rings (SSSR count). The summed E-state index contributed by atoms with van der Waals surface area (Å²) in [4.78, 5) is 0. The first-order valence-corrected chi connectivity index (χ1v) is 11.2. The van der Waals surface area contributed by atoms with Gasteiger partial charge in [0.1, 0.15) is 0 Å². The summed E-state index contributed by atoms with van der Waals surface area (Å²) in [7, 11) is 12.0. The van der Waals surface area contributed by atoms with E-state index in [2.05, 4.69) is 13.2 Å².